The maximum Gasteiger partial charge on any atom is 0.126 e. The van der Waals surface area contributed by atoms with Gasteiger partial charge in [0.2, 0.25) is 0 Å². The van der Waals surface area contributed by atoms with E-state index in [-0.39, 0.29) is 10.4 Å². The van der Waals surface area contributed by atoms with E-state index in [0.717, 1.165) is 11.3 Å². The lowest BCUT2D eigenvalue weighted by molar-refractivity contribution is 0.0226. The summed E-state index contributed by atoms with van der Waals surface area (Å²) in [6.07, 6.45) is -0.505. The lowest BCUT2D eigenvalue weighted by Crippen LogP contribution is -2.45. The number of fused-ring (bicyclic) bond motifs is 1. The largest absolute Gasteiger partial charge is 0.486 e. The molecule has 0 unspecified atom stereocenters. The molecule has 3 heteroatoms. The van der Waals surface area contributed by atoms with Gasteiger partial charge in [-0.25, -0.2) is 0 Å². The normalized spacial score (nSPS) is 29.1. The molecule has 0 bridgehead atoms. The standard InChI is InChI=1S/C11H13BrO2/c1-11(2)10(12)9(13)7-5-3-4-6-8(7)14-11/h3-6,9-10,13H,1-2H3/t9-,10-/m1/s1. The summed E-state index contributed by atoms with van der Waals surface area (Å²) in [5.74, 6) is 0.778. The third-order valence-corrected chi connectivity index (χ3v) is 4.16. The van der Waals surface area contributed by atoms with E-state index < -0.39 is 6.10 Å². The molecule has 0 saturated carbocycles. The highest BCUT2D eigenvalue weighted by Crippen LogP contribution is 2.42. The number of halogens is 1. The molecule has 0 aromatic heterocycles. The second-order valence-electron chi connectivity index (χ2n) is 4.09. The zero-order chi connectivity index (χ0) is 10.3. The van der Waals surface area contributed by atoms with Crippen LogP contribution in [0.25, 0.3) is 0 Å². The lowest BCUT2D eigenvalue weighted by atomic mass is 9.92. The smallest absolute Gasteiger partial charge is 0.126 e. The van der Waals surface area contributed by atoms with E-state index in [4.69, 9.17) is 4.74 Å². The molecule has 0 fully saturated rings. The van der Waals surface area contributed by atoms with E-state index in [1.807, 2.05) is 38.1 Å². The van der Waals surface area contributed by atoms with Crippen molar-refractivity contribution in [1.29, 1.82) is 0 Å². The number of rotatable bonds is 0. The van der Waals surface area contributed by atoms with Gasteiger partial charge in [0.25, 0.3) is 0 Å². The molecule has 1 aliphatic rings. The van der Waals surface area contributed by atoms with E-state index in [0.29, 0.717) is 0 Å². The number of aliphatic hydroxyl groups excluding tert-OH is 1. The summed E-state index contributed by atoms with van der Waals surface area (Å²) in [6.45, 7) is 3.93. The second-order valence-corrected chi connectivity index (χ2v) is 5.08. The zero-order valence-electron chi connectivity index (χ0n) is 8.20. The summed E-state index contributed by atoms with van der Waals surface area (Å²) >= 11 is 3.47. The molecule has 0 aliphatic carbocycles. The van der Waals surface area contributed by atoms with Crippen molar-refractivity contribution in [3.63, 3.8) is 0 Å². The van der Waals surface area contributed by atoms with Gasteiger partial charge < -0.3 is 9.84 Å². The van der Waals surface area contributed by atoms with E-state index in [1.165, 1.54) is 0 Å². The van der Waals surface area contributed by atoms with Gasteiger partial charge >= 0.3 is 0 Å². The predicted molar refractivity (Wildman–Crippen MR) is 58.8 cm³/mol. The summed E-state index contributed by atoms with van der Waals surface area (Å²) in [5, 5.41) is 10.0. The first-order valence-corrected chi connectivity index (χ1v) is 5.54. The van der Waals surface area contributed by atoms with Crippen molar-refractivity contribution < 1.29 is 9.84 Å². The van der Waals surface area contributed by atoms with Crippen LogP contribution in [0.5, 0.6) is 5.75 Å². The molecular formula is C11H13BrO2. The molecule has 2 nitrogen and oxygen atoms in total. The van der Waals surface area contributed by atoms with E-state index in [2.05, 4.69) is 15.9 Å². The highest BCUT2D eigenvalue weighted by Gasteiger charge is 2.41. The van der Waals surface area contributed by atoms with Crippen LogP contribution in [0.2, 0.25) is 0 Å². The monoisotopic (exact) mass is 256 g/mol. The fourth-order valence-corrected chi connectivity index (χ4v) is 2.07. The zero-order valence-corrected chi connectivity index (χ0v) is 9.78. The van der Waals surface area contributed by atoms with Crippen molar-refractivity contribution in [3.05, 3.63) is 29.8 Å². The number of ether oxygens (including phenoxy) is 1. The van der Waals surface area contributed by atoms with Gasteiger partial charge in [-0.05, 0) is 19.9 Å². The maximum atomic E-state index is 10.0. The number of hydrogen-bond donors (Lipinski definition) is 1. The minimum atomic E-state index is -0.505. The Morgan fingerprint density at radius 1 is 1.36 bits per heavy atom. The van der Waals surface area contributed by atoms with Crippen LogP contribution >= 0.6 is 15.9 Å². The Hall–Kier alpha value is -0.540. The second kappa shape index (κ2) is 3.24. The van der Waals surface area contributed by atoms with Crippen LogP contribution in [0.1, 0.15) is 25.5 Å². The Morgan fingerprint density at radius 2 is 2.00 bits per heavy atom. The molecule has 14 heavy (non-hydrogen) atoms. The molecule has 1 heterocycles. The number of hydrogen-bond acceptors (Lipinski definition) is 2. The average molecular weight is 257 g/mol. The third kappa shape index (κ3) is 1.44. The minimum absolute atomic E-state index is 0.0788. The molecule has 2 atom stereocenters. The summed E-state index contributed by atoms with van der Waals surface area (Å²) in [5.41, 5.74) is 0.474. The fourth-order valence-electron chi connectivity index (χ4n) is 1.70. The number of benzene rings is 1. The van der Waals surface area contributed by atoms with Gasteiger partial charge in [-0.1, -0.05) is 34.1 Å². The SMILES string of the molecule is CC1(C)Oc2ccccc2[C@@H](O)[C@H]1Br. The molecule has 1 aliphatic heterocycles. The van der Waals surface area contributed by atoms with Gasteiger partial charge in [0.1, 0.15) is 11.4 Å². The van der Waals surface area contributed by atoms with Crippen molar-refractivity contribution in [2.45, 2.75) is 30.4 Å². The highest BCUT2D eigenvalue weighted by molar-refractivity contribution is 9.09. The first kappa shape index (κ1) is 9.99. The fraction of sp³-hybridized carbons (Fsp3) is 0.455. The van der Waals surface area contributed by atoms with Crippen LogP contribution in [0, 0.1) is 0 Å². The molecular weight excluding hydrogens is 244 g/mol. The molecule has 76 valence electrons. The van der Waals surface area contributed by atoms with Crippen molar-refractivity contribution in [3.8, 4) is 5.75 Å². The van der Waals surface area contributed by atoms with Crippen LogP contribution in [-0.2, 0) is 0 Å². The molecule has 0 radical (unpaired) electrons. The van der Waals surface area contributed by atoms with Gasteiger partial charge in [-0.3, -0.25) is 0 Å². The molecule has 0 saturated heterocycles. The summed E-state index contributed by atoms with van der Waals surface area (Å²) in [6, 6.07) is 7.60. The average Bonchev–Trinajstić information content (AvgIpc) is 2.14. The molecule has 0 spiro atoms. The highest BCUT2D eigenvalue weighted by atomic mass is 79.9. The van der Waals surface area contributed by atoms with Crippen molar-refractivity contribution >= 4 is 15.9 Å². The first-order chi connectivity index (χ1) is 6.52. The first-order valence-electron chi connectivity index (χ1n) is 4.62. The van der Waals surface area contributed by atoms with Gasteiger partial charge in [-0.2, -0.15) is 0 Å². The molecule has 1 aromatic rings. The molecule has 2 rings (SSSR count). The van der Waals surface area contributed by atoms with E-state index in [9.17, 15) is 5.11 Å². The lowest BCUT2D eigenvalue weighted by Gasteiger charge is -2.39. The van der Waals surface area contributed by atoms with E-state index in [1.54, 1.807) is 0 Å². The minimum Gasteiger partial charge on any atom is -0.486 e. The van der Waals surface area contributed by atoms with Crippen molar-refractivity contribution in [2.24, 2.45) is 0 Å². The maximum absolute atomic E-state index is 10.0. The third-order valence-electron chi connectivity index (χ3n) is 2.55. The number of alkyl halides is 1. The van der Waals surface area contributed by atoms with Gasteiger partial charge in [0.15, 0.2) is 0 Å². The van der Waals surface area contributed by atoms with Crippen molar-refractivity contribution in [2.75, 3.05) is 0 Å². The number of para-hydroxylation sites is 1. The van der Waals surface area contributed by atoms with Crippen LogP contribution < -0.4 is 4.74 Å². The van der Waals surface area contributed by atoms with Crippen LogP contribution in [0.15, 0.2) is 24.3 Å². The van der Waals surface area contributed by atoms with Crippen molar-refractivity contribution in [1.82, 2.24) is 0 Å². The van der Waals surface area contributed by atoms with Gasteiger partial charge in [0.05, 0.1) is 10.9 Å². The summed E-state index contributed by atoms with van der Waals surface area (Å²) in [4.78, 5) is -0.0788. The molecule has 1 aromatic carbocycles. The Kier molecular flexibility index (Phi) is 2.32. The summed E-state index contributed by atoms with van der Waals surface area (Å²) in [7, 11) is 0. The number of aliphatic hydroxyl groups is 1. The van der Waals surface area contributed by atoms with Crippen LogP contribution in [0.3, 0.4) is 0 Å². The van der Waals surface area contributed by atoms with E-state index >= 15 is 0 Å². The van der Waals surface area contributed by atoms with Crippen LogP contribution in [0.4, 0.5) is 0 Å². The quantitative estimate of drug-likeness (QED) is 0.724. The van der Waals surface area contributed by atoms with Crippen LogP contribution in [-0.4, -0.2) is 15.5 Å². The predicted octanol–water partition coefficient (Wildman–Crippen LogP) is 2.65. The Balaban J connectivity index is 2.48. The molecule has 1 N–H and O–H groups in total. The van der Waals surface area contributed by atoms with Gasteiger partial charge in [-0.15, -0.1) is 0 Å². The Labute approximate surface area is 92.0 Å². The van der Waals surface area contributed by atoms with Gasteiger partial charge in [0, 0.05) is 5.56 Å². The topological polar surface area (TPSA) is 29.5 Å². The summed E-state index contributed by atoms with van der Waals surface area (Å²) < 4.78 is 5.80. The molecule has 0 amide bonds. The Bertz CT molecular complexity index is 349. The Morgan fingerprint density at radius 3 is 2.71 bits per heavy atom.